The molecule has 6 rings (SSSR count). The first-order valence-corrected chi connectivity index (χ1v) is 22.0. The van der Waals surface area contributed by atoms with Crippen molar-refractivity contribution in [3.63, 3.8) is 0 Å². The Morgan fingerprint density at radius 3 is 1.59 bits per heavy atom. The lowest BCUT2D eigenvalue weighted by atomic mass is 9.90. The topological polar surface area (TPSA) is 261 Å². The molecule has 2 heterocycles. The van der Waals surface area contributed by atoms with E-state index in [2.05, 4.69) is 5.32 Å². The van der Waals surface area contributed by atoms with Crippen LogP contribution in [0, 0.1) is 5.92 Å². The Labute approximate surface area is 401 Å². The Hall–Kier alpha value is -7.84. The molecule has 0 spiro atoms. The summed E-state index contributed by atoms with van der Waals surface area (Å²) in [4.78, 5) is 103. The summed E-state index contributed by atoms with van der Waals surface area (Å²) in [5, 5.41) is 13.8. The van der Waals surface area contributed by atoms with Gasteiger partial charge in [0, 0.05) is 40.2 Å². The average Bonchev–Trinajstić information content (AvgIpc) is 3.33. The van der Waals surface area contributed by atoms with E-state index >= 15 is 0 Å². The second-order valence-corrected chi connectivity index (χ2v) is 16.1. The SMILES string of the molecule is CC(=O)OC1OC(C(=O)NCCc2ccc(O)c(OC3OC(COC(=O)c4ccccc4)C(OC(=O)c4ccccc4)C(C)C3OC(=O)c3ccccc3)c2)C(OC(C)=O)C(OC(C)=O)C1OC(C)=O. The predicted octanol–water partition coefficient (Wildman–Crippen LogP) is 4.18. The number of aromatic hydroxyl groups is 1. The smallest absolute Gasteiger partial charge is 0.338 e. The summed E-state index contributed by atoms with van der Waals surface area (Å²) in [6.07, 6.45) is -13.7. The molecule has 10 atom stereocenters. The van der Waals surface area contributed by atoms with Crippen molar-refractivity contribution >= 4 is 47.7 Å². The van der Waals surface area contributed by atoms with Crippen molar-refractivity contribution in [3.8, 4) is 11.5 Å². The molecule has 0 aliphatic carbocycles. The van der Waals surface area contributed by atoms with E-state index in [4.69, 9.17) is 47.4 Å². The van der Waals surface area contributed by atoms with Gasteiger partial charge in [-0.2, -0.15) is 0 Å². The third-order valence-corrected chi connectivity index (χ3v) is 10.8. The van der Waals surface area contributed by atoms with E-state index in [-0.39, 0.29) is 41.2 Å². The second kappa shape index (κ2) is 23.9. The standard InChI is InChI=1S/C50H51NO19/c1-27-39(68-47(59)34-17-11-7-12-18-34)38(26-61-46(58)33-15-9-6-10-16-33)67-49(40(27)69-48(60)35-19-13-8-14-20-35)66-37-25-32(21-22-36(37)56)23-24-51-45(57)43-41(62-28(2)52)42(63-29(3)53)44(64-30(4)54)50(70-43)65-31(5)55/h6-22,25,27,38-44,49-50,56H,23-24,26H2,1-5H3,(H,51,57). The van der Waals surface area contributed by atoms with Crippen LogP contribution in [-0.2, 0) is 73.0 Å². The van der Waals surface area contributed by atoms with Crippen LogP contribution in [0.1, 0.15) is 71.3 Å². The molecule has 2 aliphatic rings. The van der Waals surface area contributed by atoms with Crippen LogP contribution in [0.5, 0.6) is 11.5 Å². The van der Waals surface area contributed by atoms with E-state index in [1.807, 2.05) is 0 Å². The van der Waals surface area contributed by atoms with Gasteiger partial charge in [0.05, 0.1) is 16.7 Å². The average molecular weight is 970 g/mol. The van der Waals surface area contributed by atoms with Crippen LogP contribution >= 0.6 is 0 Å². The Morgan fingerprint density at radius 2 is 1.04 bits per heavy atom. The number of amides is 1. The van der Waals surface area contributed by atoms with Crippen LogP contribution < -0.4 is 10.1 Å². The lowest BCUT2D eigenvalue weighted by Crippen LogP contribution is -2.65. The van der Waals surface area contributed by atoms with Crippen molar-refractivity contribution in [2.45, 2.75) is 96.3 Å². The highest BCUT2D eigenvalue weighted by molar-refractivity contribution is 5.90. The van der Waals surface area contributed by atoms with Gasteiger partial charge in [0.1, 0.15) is 18.8 Å². The molecule has 20 nitrogen and oxygen atoms in total. The quantitative estimate of drug-likeness (QED) is 0.111. The number of ether oxygens (including phenoxy) is 10. The molecule has 0 aromatic heterocycles. The van der Waals surface area contributed by atoms with Crippen molar-refractivity contribution in [3.05, 3.63) is 131 Å². The van der Waals surface area contributed by atoms with Gasteiger partial charge in [-0.1, -0.05) is 67.6 Å². The minimum atomic E-state index is -1.77. The first-order valence-electron chi connectivity index (χ1n) is 22.0. The van der Waals surface area contributed by atoms with E-state index in [9.17, 15) is 43.5 Å². The van der Waals surface area contributed by atoms with Crippen LogP contribution in [0.25, 0.3) is 0 Å². The minimum Gasteiger partial charge on any atom is -0.504 e. The van der Waals surface area contributed by atoms with Crippen molar-refractivity contribution in [1.82, 2.24) is 5.32 Å². The number of carbonyl (C=O) groups excluding carboxylic acids is 8. The van der Waals surface area contributed by atoms with Crippen molar-refractivity contribution < 1.29 is 90.8 Å². The van der Waals surface area contributed by atoms with Gasteiger partial charge < -0.3 is 57.8 Å². The Balaban J connectivity index is 1.24. The zero-order chi connectivity index (χ0) is 50.5. The van der Waals surface area contributed by atoms with Gasteiger partial charge in [-0.05, 0) is 60.5 Å². The first kappa shape index (κ1) is 51.5. The van der Waals surface area contributed by atoms with Crippen LogP contribution in [0.4, 0.5) is 0 Å². The van der Waals surface area contributed by atoms with Crippen molar-refractivity contribution in [2.24, 2.45) is 5.92 Å². The molecule has 370 valence electrons. The van der Waals surface area contributed by atoms with Crippen LogP contribution in [0.3, 0.4) is 0 Å². The zero-order valence-corrected chi connectivity index (χ0v) is 38.6. The van der Waals surface area contributed by atoms with E-state index in [0.29, 0.717) is 5.56 Å². The van der Waals surface area contributed by atoms with E-state index in [1.165, 1.54) is 30.3 Å². The molecule has 0 bridgehead atoms. The second-order valence-electron chi connectivity index (χ2n) is 16.1. The summed E-state index contributed by atoms with van der Waals surface area (Å²) in [6.45, 7) is 5.15. The van der Waals surface area contributed by atoms with Crippen LogP contribution in [0.15, 0.2) is 109 Å². The highest BCUT2D eigenvalue weighted by atomic mass is 16.7. The molecule has 0 saturated carbocycles. The van der Waals surface area contributed by atoms with E-state index in [1.54, 1.807) is 85.8 Å². The summed E-state index contributed by atoms with van der Waals surface area (Å²) in [5.41, 5.74) is 1.10. The van der Waals surface area contributed by atoms with Gasteiger partial charge >= 0.3 is 41.8 Å². The predicted molar refractivity (Wildman–Crippen MR) is 238 cm³/mol. The monoisotopic (exact) mass is 969 g/mol. The third kappa shape index (κ3) is 13.7. The Bertz CT molecular complexity index is 2500. The molecule has 4 aromatic carbocycles. The van der Waals surface area contributed by atoms with Gasteiger partial charge in [0.25, 0.3) is 5.91 Å². The largest absolute Gasteiger partial charge is 0.504 e. The van der Waals surface area contributed by atoms with Crippen molar-refractivity contribution in [2.75, 3.05) is 13.2 Å². The van der Waals surface area contributed by atoms with Gasteiger partial charge in [-0.25, -0.2) is 14.4 Å². The molecular weight excluding hydrogens is 919 g/mol. The first-order chi connectivity index (χ1) is 33.5. The highest BCUT2D eigenvalue weighted by Gasteiger charge is 2.56. The van der Waals surface area contributed by atoms with Gasteiger partial charge in [0.15, 0.2) is 35.9 Å². The maximum atomic E-state index is 13.8. The molecule has 70 heavy (non-hydrogen) atoms. The number of esters is 7. The van der Waals surface area contributed by atoms with Crippen LogP contribution in [-0.4, -0.2) is 121 Å². The highest BCUT2D eigenvalue weighted by Crippen LogP contribution is 2.37. The van der Waals surface area contributed by atoms with Gasteiger partial charge in [-0.3, -0.25) is 24.0 Å². The lowest BCUT2D eigenvalue weighted by molar-refractivity contribution is -0.290. The number of carbonyl (C=O) groups is 8. The maximum absolute atomic E-state index is 13.8. The maximum Gasteiger partial charge on any atom is 0.338 e. The number of phenolic OH excluding ortho intramolecular Hbond substituents is 1. The fraction of sp³-hybridized carbons (Fsp3) is 0.360. The summed E-state index contributed by atoms with van der Waals surface area (Å²) >= 11 is 0. The lowest BCUT2D eigenvalue weighted by Gasteiger charge is -2.43. The number of nitrogens with one attached hydrogen (secondary N) is 1. The summed E-state index contributed by atoms with van der Waals surface area (Å²) in [5.74, 6) is -8.18. The van der Waals surface area contributed by atoms with Gasteiger partial charge in [0.2, 0.25) is 18.7 Å². The number of rotatable bonds is 17. The number of hydrogen-bond acceptors (Lipinski definition) is 19. The molecule has 20 heteroatoms. The molecule has 1 amide bonds. The Morgan fingerprint density at radius 1 is 0.543 bits per heavy atom. The number of phenols is 1. The van der Waals surface area contributed by atoms with Crippen molar-refractivity contribution in [1.29, 1.82) is 0 Å². The molecule has 2 aliphatic heterocycles. The molecular formula is C50H51NO19. The number of benzene rings is 4. The number of hydrogen-bond donors (Lipinski definition) is 2. The molecule has 2 N–H and O–H groups in total. The third-order valence-electron chi connectivity index (χ3n) is 10.8. The summed E-state index contributed by atoms with van der Waals surface area (Å²) in [7, 11) is 0. The fourth-order valence-corrected chi connectivity index (χ4v) is 7.63. The molecule has 4 aromatic rings. The summed E-state index contributed by atoms with van der Waals surface area (Å²) in [6, 6.07) is 28.6. The molecule has 0 radical (unpaired) electrons. The summed E-state index contributed by atoms with van der Waals surface area (Å²) < 4.78 is 57.3. The van der Waals surface area contributed by atoms with E-state index < -0.39 is 116 Å². The Kier molecular flexibility index (Phi) is 17.6. The normalized spacial score (nSPS) is 23.8. The van der Waals surface area contributed by atoms with Crippen LogP contribution in [0.2, 0.25) is 0 Å². The minimum absolute atomic E-state index is 0.0497. The molecule has 2 fully saturated rings. The van der Waals surface area contributed by atoms with Gasteiger partial charge in [-0.15, -0.1) is 0 Å². The molecule has 10 unspecified atom stereocenters. The molecule has 2 saturated heterocycles. The fourth-order valence-electron chi connectivity index (χ4n) is 7.63. The zero-order valence-electron chi connectivity index (χ0n) is 38.6. The van der Waals surface area contributed by atoms with E-state index in [0.717, 1.165) is 27.7 Å².